The molecule has 30 heavy (non-hydrogen) atoms. The number of hydrogen-bond acceptors (Lipinski definition) is 7. The maximum Gasteiger partial charge on any atom is 0.332 e. The van der Waals surface area contributed by atoms with E-state index in [1.54, 1.807) is 16.6 Å². The van der Waals surface area contributed by atoms with E-state index in [4.69, 9.17) is 5.10 Å². The molecule has 156 valence electrons. The van der Waals surface area contributed by atoms with Crippen molar-refractivity contribution in [1.29, 1.82) is 0 Å². The molecule has 1 saturated heterocycles. The highest BCUT2D eigenvalue weighted by atomic mass is 32.2. The molecule has 5 rings (SSSR count). The van der Waals surface area contributed by atoms with E-state index in [2.05, 4.69) is 4.98 Å². The highest BCUT2D eigenvalue weighted by Crippen LogP contribution is 2.30. The number of anilines is 1. The van der Waals surface area contributed by atoms with Gasteiger partial charge in [-0.3, -0.25) is 18.5 Å². The molecule has 0 aliphatic carbocycles. The highest BCUT2D eigenvalue weighted by Gasteiger charge is 2.37. The standard InChI is InChI=1S/C19H20N6O4S/c1-22-16-15(17(26)23(2)19(22)27)24-10-14(12-6-4-3-5-7-12)21-25(18(24)20-16)13-8-9-30(28,29)11-13/h3-7,13H,8-11H2,1-2H3/t13-/m1/s1. The molecule has 0 bridgehead atoms. The molecule has 2 aliphatic heterocycles. The first-order valence-corrected chi connectivity index (χ1v) is 11.4. The number of hydrazone groups is 1. The van der Waals surface area contributed by atoms with Gasteiger partial charge in [-0.1, -0.05) is 30.3 Å². The molecule has 1 atom stereocenters. The monoisotopic (exact) mass is 428 g/mol. The number of aromatic nitrogens is 4. The lowest BCUT2D eigenvalue weighted by Gasteiger charge is -2.30. The molecule has 10 nitrogen and oxygen atoms in total. The average Bonchev–Trinajstić information content (AvgIpc) is 3.30. The van der Waals surface area contributed by atoms with Crippen LogP contribution in [0.25, 0.3) is 11.2 Å². The summed E-state index contributed by atoms with van der Waals surface area (Å²) in [7, 11) is -0.165. The SMILES string of the molecule is Cn1c(=O)c2c(nc3n2CC(c2ccccc2)=NN3[C@@H]2CCS(=O)(=O)C2)n(C)c1=O. The third kappa shape index (κ3) is 2.72. The number of sulfone groups is 1. The van der Waals surface area contributed by atoms with Gasteiger partial charge in [0, 0.05) is 14.1 Å². The lowest BCUT2D eigenvalue weighted by atomic mass is 10.1. The van der Waals surface area contributed by atoms with Crippen molar-refractivity contribution in [2.75, 3.05) is 16.5 Å². The van der Waals surface area contributed by atoms with Crippen LogP contribution in [0.15, 0.2) is 45.0 Å². The summed E-state index contributed by atoms with van der Waals surface area (Å²) in [4.78, 5) is 29.9. The zero-order valence-corrected chi connectivity index (χ0v) is 17.3. The van der Waals surface area contributed by atoms with Gasteiger partial charge in [0.05, 0.1) is 29.8 Å². The minimum atomic E-state index is -3.16. The number of aryl methyl sites for hydroxylation is 1. The average molecular weight is 428 g/mol. The summed E-state index contributed by atoms with van der Waals surface area (Å²) in [5, 5.41) is 6.36. The summed E-state index contributed by atoms with van der Waals surface area (Å²) in [5.74, 6) is 0.439. The van der Waals surface area contributed by atoms with Crippen LogP contribution in [0.4, 0.5) is 5.95 Å². The molecule has 0 amide bonds. The molecule has 2 aliphatic rings. The first-order valence-electron chi connectivity index (χ1n) is 9.55. The maximum atomic E-state index is 12.9. The topological polar surface area (TPSA) is 112 Å². The van der Waals surface area contributed by atoms with Crippen molar-refractivity contribution in [3.8, 4) is 0 Å². The first kappa shape index (κ1) is 18.8. The van der Waals surface area contributed by atoms with E-state index in [1.165, 1.54) is 11.6 Å². The maximum absolute atomic E-state index is 12.9. The Morgan fingerprint density at radius 1 is 1.07 bits per heavy atom. The van der Waals surface area contributed by atoms with Crippen LogP contribution in [0, 0.1) is 0 Å². The van der Waals surface area contributed by atoms with Crippen molar-refractivity contribution < 1.29 is 8.42 Å². The van der Waals surface area contributed by atoms with Crippen molar-refractivity contribution in [3.63, 3.8) is 0 Å². The highest BCUT2D eigenvalue weighted by molar-refractivity contribution is 7.91. The van der Waals surface area contributed by atoms with Crippen LogP contribution < -0.4 is 16.3 Å². The summed E-state index contributed by atoms with van der Waals surface area (Å²) < 4.78 is 28.3. The minimum Gasteiger partial charge on any atom is -0.297 e. The van der Waals surface area contributed by atoms with Gasteiger partial charge in [-0.2, -0.15) is 10.1 Å². The minimum absolute atomic E-state index is 0.0291. The number of rotatable bonds is 2. The Hall–Kier alpha value is -3.21. The Kier molecular flexibility index (Phi) is 4.01. The number of nitrogens with zero attached hydrogens (tertiary/aromatic N) is 6. The molecule has 11 heteroatoms. The van der Waals surface area contributed by atoms with Gasteiger partial charge in [-0.05, 0) is 12.0 Å². The number of fused-ring (bicyclic) bond motifs is 3. The fourth-order valence-corrected chi connectivity index (χ4v) is 5.80. The van der Waals surface area contributed by atoms with Gasteiger partial charge in [-0.25, -0.2) is 18.2 Å². The van der Waals surface area contributed by atoms with Gasteiger partial charge in [-0.15, -0.1) is 0 Å². The summed E-state index contributed by atoms with van der Waals surface area (Å²) in [6.45, 7) is 0.291. The molecule has 3 aromatic rings. The molecule has 0 saturated carbocycles. The van der Waals surface area contributed by atoms with Crippen LogP contribution >= 0.6 is 0 Å². The van der Waals surface area contributed by atoms with Crippen LogP contribution in [0.5, 0.6) is 0 Å². The number of hydrogen-bond donors (Lipinski definition) is 0. The van der Waals surface area contributed by atoms with Gasteiger partial charge in [0.1, 0.15) is 0 Å². The number of benzene rings is 1. The summed E-state index contributed by atoms with van der Waals surface area (Å²) in [5.41, 5.74) is 1.21. The molecule has 0 spiro atoms. The Morgan fingerprint density at radius 3 is 2.47 bits per heavy atom. The van der Waals surface area contributed by atoms with Gasteiger partial charge in [0.15, 0.2) is 21.0 Å². The number of imidazole rings is 1. The van der Waals surface area contributed by atoms with Gasteiger partial charge < -0.3 is 0 Å². The van der Waals surface area contributed by atoms with E-state index in [0.717, 1.165) is 10.1 Å². The second kappa shape index (κ2) is 6.39. The molecule has 0 unspecified atom stereocenters. The fourth-order valence-electron chi connectivity index (χ4n) is 4.11. The first-order chi connectivity index (χ1) is 14.3. The smallest absolute Gasteiger partial charge is 0.297 e. The molecule has 0 N–H and O–H groups in total. The predicted octanol–water partition coefficient (Wildman–Crippen LogP) is -0.155. The van der Waals surface area contributed by atoms with Gasteiger partial charge >= 0.3 is 5.69 Å². The lowest BCUT2D eigenvalue weighted by molar-refractivity contribution is 0.595. The zero-order valence-electron chi connectivity index (χ0n) is 16.5. The summed E-state index contributed by atoms with van der Waals surface area (Å²) in [6, 6.07) is 9.14. The van der Waals surface area contributed by atoms with E-state index in [0.29, 0.717) is 30.1 Å². The van der Waals surface area contributed by atoms with E-state index in [9.17, 15) is 18.0 Å². The van der Waals surface area contributed by atoms with Gasteiger partial charge in [0.25, 0.3) is 5.56 Å². The Labute approximate surface area is 171 Å². The van der Waals surface area contributed by atoms with Crippen molar-refractivity contribution in [2.45, 2.75) is 19.0 Å². The van der Waals surface area contributed by atoms with Crippen molar-refractivity contribution in [2.24, 2.45) is 19.2 Å². The Balaban J connectivity index is 1.77. The molecule has 4 heterocycles. The van der Waals surface area contributed by atoms with Crippen molar-refractivity contribution in [3.05, 3.63) is 56.7 Å². The van der Waals surface area contributed by atoms with E-state index in [-0.39, 0.29) is 23.2 Å². The molecular weight excluding hydrogens is 408 g/mol. The Morgan fingerprint density at radius 2 is 1.80 bits per heavy atom. The van der Waals surface area contributed by atoms with E-state index in [1.807, 2.05) is 30.3 Å². The van der Waals surface area contributed by atoms with Crippen molar-refractivity contribution in [1.82, 2.24) is 18.7 Å². The van der Waals surface area contributed by atoms with E-state index >= 15 is 0 Å². The second-order valence-electron chi connectivity index (χ2n) is 7.69. The molecule has 1 aromatic carbocycles. The normalized spacial score (nSPS) is 20.4. The Bertz CT molecular complexity index is 1430. The van der Waals surface area contributed by atoms with E-state index < -0.39 is 21.1 Å². The molecule has 0 radical (unpaired) electrons. The lowest BCUT2D eigenvalue weighted by Crippen LogP contribution is -2.40. The van der Waals surface area contributed by atoms with Crippen LogP contribution in [-0.4, -0.2) is 50.4 Å². The summed E-state index contributed by atoms with van der Waals surface area (Å²) in [6.07, 6.45) is 0.425. The van der Waals surface area contributed by atoms with Crippen LogP contribution in [0.3, 0.4) is 0 Å². The predicted molar refractivity (Wildman–Crippen MR) is 113 cm³/mol. The fraction of sp³-hybridized carbons (Fsp3) is 0.368. The quantitative estimate of drug-likeness (QED) is 0.561. The third-order valence-corrected chi connectivity index (χ3v) is 7.48. The van der Waals surface area contributed by atoms with Crippen LogP contribution in [0.2, 0.25) is 0 Å². The van der Waals surface area contributed by atoms with Crippen LogP contribution in [0.1, 0.15) is 12.0 Å². The third-order valence-electron chi connectivity index (χ3n) is 5.73. The molecule has 2 aromatic heterocycles. The summed E-state index contributed by atoms with van der Waals surface area (Å²) >= 11 is 0. The van der Waals surface area contributed by atoms with Crippen LogP contribution in [-0.2, 0) is 30.5 Å². The molecule has 1 fully saturated rings. The van der Waals surface area contributed by atoms with Crippen molar-refractivity contribution >= 4 is 32.7 Å². The zero-order chi connectivity index (χ0) is 21.2. The second-order valence-corrected chi connectivity index (χ2v) is 9.92. The molecular formula is C19H20N6O4S. The largest absolute Gasteiger partial charge is 0.332 e. The van der Waals surface area contributed by atoms with Gasteiger partial charge in [0.2, 0.25) is 5.95 Å².